The SMILES string of the molecule is CCc1cnccc1C(=O)c1cccc(C(F)(F)F)c1. The number of carbonyl (C=O) groups is 1. The van der Waals surface area contributed by atoms with Crippen LogP contribution in [0.1, 0.15) is 34.0 Å². The predicted molar refractivity (Wildman–Crippen MR) is 68.5 cm³/mol. The van der Waals surface area contributed by atoms with Gasteiger partial charge in [0.2, 0.25) is 0 Å². The van der Waals surface area contributed by atoms with E-state index in [4.69, 9.17) is 0 Å². The fraction of sp³-hybridized carbons (Fsp3) is 0.200. The topological polar surface area (TPSA) is 30.0 Å². The van der Waals surface area contributed by atoms with Crippen molar-refractivity contribution in [3.8, 4) is 0 Å². The Kier molecular flexibility index (Phi) is 3.88. The van der Waals surface area contributed by atoms with E-state index >= 15 is 0 Å². The largest absolute Gasteiger partial charge is 0.416 e. The first-order valence-corrected chi connectivity index (χ1v) is 6.08. The van der Waals surface area contributed by atoms with Crippen LogP contribution in [-0.4, -0.2) is 10.8 Å². The van der Waals surface area contributed by atoms with Crippen molar-refractivity contribution in [3.05, 3.63) is 65.0 Å². The van der Waals surface area contributed by atoms with E-state index in [1.54, 1.807) is 6.20 Å². The highest BCUT2D eigenvalue weighted by molar-refractivity contribution is 6.09. The summed E-state index contributed by atoms with van der Waals surface area (Å²) < 4.78 is 38.0. The molecule has 104 valence electrons. The van der Waals surface area contributed by atoms with Crippen LogP contribution < -0.4 is 0 Å². The molecule has 0 aliphatic carbocycles. The molecule has 0 fully saturated rings. The first kappa shape index (κ1) is 14.2. The minimum absolute atomic E-state index is 0.0284. The van der Waals surface area contributed by atoms with Crippen LogP contribution in [0.25, 0.3) is 0 Å². The highest BCUT2D eigenvalue weighted by Gasteiger charge is 2.31. The van der Waals surface area contributed by atoms with Gasteiger partial charge < -0.3 is 0 Å². The molecule has 0 spiro atoms. The third-order valence-corrected chi connectivity index (χ3v) is 2.98. The molecule has 0 unspecified atom stereocenters. The normalized spacial score (nSPS) is 11.4. The lowest BCUT2D eigenvalue weighted by Gasteiger charge is -2.09. The monoisotopic (exact) mass is 279 g/mol. The molecule has 2 nitrogen and oxygen atoms in total. The molecule has 0 amide bonds. The van der Waals surface area contributed by atoms with Gasteiger partial charge in [0, 0.05) is 23.5 Å². The number of rotatable bonds is 3. The summed E-state index contributed by atoms with van der Waals surface area (Å²) in [6.07, 6.45) is -0.850. The van der Waals surface area contributed by atoms with Crippen LogP contribution in [0.2, 0.25) is 0 Å². The Morgan fingerprint density at radius 2 is 2.00 bits per heavy atom. The van der Waals surface area contributed by atoms with Crippen molar-refractivity contribution >= 4 is 5.78 Å². The molecule has 2 rings (SSSR count). The lowest BCUT2D eigenvalue weighted by molar-refractivity contribution is -0.137. The number of hydrogen-bond acceptors (Lipinski definition) is 2. The zero-order valence-electron chi connectivity index (χ0n) is 10.7. The highest BCUT2D eigenvalue weighted by atomic mass is 19.4. The van der Waals surface area contributed by atoms with Crippen molar-refractivity contribution in [1.82, 2.24) is 4.98 Å². The molecule has 1 aromatic carbocycles. The molecule has 0 aliphatic heterocycles. The molecule has 0 saturated carbocycles. The maximum Gasteiger partial charge on any atom is 0.416 e. The van der Waals surface area contributed by atoms with Crippen LogP contribution in [0.15, 0.2) is 42.7 Å². The smallest absolute Gasteiger partial charge is 0.289 e. The van der Waals surface area contributed by atoms with Gasteiger partial charge in [-0.25, -0.2) is 0 Å². The van der Waals surface area contributed by atoms with Crippen molar-refractivity contribution in [3.63, 3.8) is 0 Å². The van der Waals surface area contributed by atoms with Gasteiger partial charge in [-0.15, -0.1) is 0 Å². The van der Waals surface area contributed by atoms with E-state index in [1.165, 1.54) is 24.4 Å². The number of alkyl halides is 3. The second-order valence-electron chi connectivity index (χ2n) is 4.29. The molecule has 0 bridgehead atoms. The molecular weight excluding hydrogens is 267 g/mol. The molecule has 0 radical (unpaired) electrons. The van der Waals surface area contributed by atoms with Gasteiger partial charge in [-0.3, -0.25) is 9.78 Å². The summed E-state index contributed by atoms with van der Waals surface area (Å²) in [7, 11) is 0. The number of ketones is 1. The number of halogens is 3. The first-order valence-electron chi connectivity index (χ1n) is 6.08. The van der Waals surface area contributed by atoms with Gasteiger partial charge in [-0.1, -0.05) is 19.1 Å². The maximum atomic E-state index is 12.7. The van der Waals surface area contributed by atoms with Crippen LogP contribution in [-0.2, 0) is 12.6 Å². The van der Waals surface area contributed by atoms with Crippen LogP contribution in [0, 0.1) is 0 Å². The van der Waals surface area contributed by atoms with Gasteiger partial charge in [-0.05, 0) is 30.2 Å². The van der Waals surface area contributed by atoms with Crippen LogP contribution in [0.3, 0.4) is 0 Å². The van der Waals surface area contributed by atoms with Gasteiger partial charge in [-0.2, -0.15) is 13.2 Å². The van der Waals surface area contributed by atoms with Gasteiger partial charge >= 0.3 is 6.18 Å². The summed E-state index contributed by atoms with van der Waals surface area (Å²) >= 11 is 0. The lowest BCUT2D eigenvalue weighted by Crippen LogP contribution is -2.09. The van der Waals surface area contributed by atoms with E-state index in [-0.39, 0.29) is 5.56 Å². The molecule has 2 aromatic rings. The molecule has 5 heteroatoms. The highest BCUT2D eigenvalue weighted by Crippen LogP contribution is 2.30. The summed E-state index contributed by atoms with van der Waals surface area (Å²) in [5.41, 5.74) is 0.313. The third kappa shape index (κ3) is 2.87. The van der Waals surface area contributed by atoms with Crippen molar-refractivity contribution in [2.75, 3.05) is 0 Å². The van der Waals surface area contributed by atoms with Crippen LogP contribution in [0.4, 0.5) is 13.2 Å². The summed E-state index contributed by atoms with van der Waals surface area (Å²) in [6.45, 7) is 1.86. The van der Waals surface area contributed by atoms with E-state index in [0.717, 1.165) is 17.7 Å². The number of benzene rings is 1. The second kappa shape index (κ2) is 5.45. The minimum Gasteiger partial charge on any atom is -0.289 e. The third-order valence-electron chi connectivity index (χ3n) is 2.98. The Morgan fingerprint density at radius 1 is 1.25 bits per heavy atom. The number of nitrogens with zero attached hydrogens (tertiary/aromatic N) is 1. The van der Waals surface area contributed by atoms with Crippen molar-refractivity contribution in [2.45, 2.75) is 19.5 Å². The second-order valence-corrected chi connectivity index (χ2v) is 4.29. The Hall–Kier alpha value is -2.17. The molecule has 0 aliphatic rings. The van der Waals surface area contributed by atoms with E-state index < -0.39 is 17.5 Å². The van der Waals surface area contributed by atoms with E-state index in [9.17, 15) is 18.0 Å². The summed E-state index contributed by atoms with van der Waals surface area (Å²) in [4.78, 5) is 16.2. The van der Waals surface area contributed by atoms with E-state index in [1.807, 2.05) is 6.92 Å². The number of aromatic nitrogens is 1. The molecule has 0 N–H and O–H groups in total. The zero-order valence-corrected chi connectivity index (χ0v) is 10.7. The average Bonchev–Trinajstić information content (AvgIpc) is 2.45. The maximum absolute atomic E-state index is 12.7. The van der Waals surface area contributed by atoms with E-state index in [0.29, 0.717) is 12.0 Å². The van der Waals surface area contributed by atoms with Gasteiger partial charge in [0.05, 0.1) is 5.56 Å². The average molecular weight is 279 g/mol. The predicted octanol–water partition coefficient (Wildman–Crippen LogP) is 3.89. The molecule has 0 saturated heterocycles. The number of carbonyl (C=O) groups excluding carboxylic acids is 1. The molecule has 1 aromatic heterocycles. The van der Waals surface area contributed by atoms with Crippen molar-refractivity contribution in [1.29, 1.82) is 0 Å². The van der Waals surface area contributed by atoms with Crippen LogP contribution in [0.5, 0.6) is 0 Å². The van der Waals surface area contributed by atoms with Gasteiger partial charge in [0.1, 0.15) is 0 Å². The Morgan fingerprint density at radius 3 is 2.65 bits per heavy atom. The Bertz CT molecular complexity index is 635. The molecular formula is C15H12F3NO. The standard InChI is InChI=1S/C15H12F3NO/c1-2-10-9-19-7-6-13(10)14(20)11-4-3-5-12(8-11)15(16,17)18/h3-9H,2H2,1H3. The lowest BCUT2D eigenvalue weighted by atomic mass is 9.97. The minimum atomic E-state index is -4.46. The summed E-state index contributed by atoms with van der Waals surface area (Å²) in [6, 6.07) is 5.98. The van der Waals surface area contributed by atoms with E-state index in [2.05, 4.69) is 4.98 Å². The zero-order chi connectivity index (χ0) is 14.8. The Balaban J connectivity index is 2.44. The van der Waals surface area contributed by atoms with Crippen molar-refractivity contribution in [2.24, 2.45) is 0 Å². The quantitative estimate of drug-likeness (QED) is 0.798. The fourth-order valence-electron chi connectivity index (χ4n) is 1.92. The number of hydrogen-bond donors (Lipinski definition) is 0. The fourth-order valence-corrected chi connectivity index (χ4v) is 1.92. The molecule has 1 heterocycles. The first-order chi connectivity index (χ1) is 9.43. The van der Waals surface area contributed by atoms with Crippen LogP contribution >= 0.6 is 0 Å². The van der Waals surface area contributed by atoms with Crippen molar-refractivity contribution < 1.29 is 18.0 Å². The molecule has 20 heavy (non-hydrogen) atoms. The number of aryl methyl sites for hydroxylation is 1. The summed E-state index contributed by atoms with van der Waals surface area (Å²) in [5.74, 6) is -0.421. The molecule has 0 atom stereocenters. The Labute approximate surface area is 114 Å². The summed E-state index contributed by atoms with van der Waals surface area (Å²) in [5, 5.41) is 0. The van der Waals surface area contributed by atoms with Gasteiger partial charge in [0.25, 0.3) is 0 Å². The number of pyridine rings is 1. The van der Waals surface area contributed by atoms with Gasteiger partial charge in [0.15, 0.2) is 5.78 Å².